The predicted molar refractivity (Wildman–Crippen MR) is 64.4 cm³/mol. The van der Waals surface area contributed by atoms with Crippen molar-refractivity contribution >= 4 is 18.1 Å². The second-order valence-corrected chi connectivity index (χ2v) is 3.63. The average Bonchev–Trinajstić information content (AvgIpc) is 2.31. The Bertz CT molecular complexity index is 425. The summed E-state index contributed by atoms with van der Waals surface area (Å²) in [5.41, 5.74) is 0.604. The largest absolute Gasteiger partial charge is 1.00 e. The van der Waals surface area contributed by atoms with Gasteiger partial charge in [0.15, 0.2) is 0 Å². The van der Waals surface area contributed by atoms with Crippen molar-refractivity contribution in [2.24, 2.45) is 0 Å². The van der Waals surface area contributed by atoms with E-state index in [1.54, 1.807) is 37.3 Å². The Hall–Kier alpha value is -0.970. The van der Waals surface area contributed by atoms with Gasteiger partial charge in [-0.25, -0.2) is 0 Å². The standard InChI is InChI=1S/C13H15NO3.Na.H/c1-3-14(10(2)16)13(17)12(9-15)11-7-5-4-6-8-11;;/h4-9,12H,3H2,1-2H3;;/q;+1;-1. The fourth-order valence-corrected chi connectivity index (χ4v) is 1.64. The molecular formula is C13H16NNaO3. The van der Waals surface area contributed by atoms with E-state index in [1.165, 1.54) is 6.92 Å². The summed E-state index contributed by atoms with van der Waals surface area (Å²) in [4.78, 5) is 35.4. The van der Waals surface area contributed by atoms with Crippen molar-refractivity contribution in [1.82, 2.24) is 4.90 Å². The topological polar surface area (TPSA) is 54.5 Å². The van der Waals surface area contributed by atoms with Gasteiger partial charge in [0, 0.05) is 13.5 Å². The first kappa shape index (κ1) is 17.0. The molecule has 0 aliphatic heterocycles. The molecule has 0 saturated carbocycles. The zero-order chi connectivity index (χ0) is 12.8. The Balaban J connectivity index is 0. The monoisotopic (exact) mass is 257 g/mol. The van der Waals surface area contributed by atoms with Gasteiger partial charge in [-0.3, -0.25) is 14.5 Å². The summed E-state index contributed by atoms with van der Waals surface area (Å²) in [5, 5.41) is 0. The van der Waals surface area contributed by atoms with Gasteiger partial charge in [-0.2, -0.15) is 0 Å². The molecule has 0 heterocycles. The number of rotatable bonds is 4. The number of benzene rings is 1. The van der Waals surface area contributed by atoms with E-state index in [4.69, 9.17) is 0 Å². The van der Waals surface area contributed by atoms with Gasteiger partial charge in [0.05, 0.1) is 0 Å². The van der Waals surface area contributed by atoms with Crippen molar-refractivity contribution < 1.29 is 45.4 Å². The third-order valence-corrected chi connectivity index (χ3v) is 2.52. The number of likely N-dealkylation sites (N-methyl/N-ethyl adjacent to an activating group) is 1. The second-order valence-electron chi connectivity index (χ2n) is 3.63. The molecule has 5 heteroatoms. The summed E-state index contributed by atoms with van der Waals surface area (Å²) in [6.45, 7) is 3.28. The minimum Gasteiger partial charge on any atom is -1.00 e. The fourth-order valence-electron chi connectivity index (χ4n) is 1.64. The second kappa shape index (κ2) is 8.19. The number of hydrogen-bond acceptors (Lipinski definition) is 3. The maximum atomic E-state index is 12.0. The van der Waals surface area contributed by atoms with Crippen LogP contribution in [0.5, 0.6) is 0 Å². The van der Waals surface area contributed by atoms with Gasteiger partial charge in [0.1, 0.15) is 12.2 Å². The quantitative estimate of drug-likeness (QED) is 0.374. The molecular weight excluding hydrogens is 241 g/mol. The van der Waals surface area contributed by atoms with E-state index in [9.17, 15) is 14.4 Å². The minimum atomic E-state index is -0.903. The smallest absolute Gasteiger partial charge is 1.00 e. The van der Waals surface area contributed by atoms with Crippen LogP contribution in [0, 0.1) is 0 Å². The Morgan fingerprint density at radius 2 is 1.89 bits per heavy atom. The van der Waals surface area contributed by atoms with Crippen LogP contribution in [-0.2, 0) is 14.4 Å². The molecule has 1 rings (SSSR count). The van der Waals surface area contributed by atoms with Gasteiger partial charge < -0.3 is 6.22 Å². The Morgan fingerprint density at radius 3 is 2.28 bits per heavy atom. The number of carbonyl (C=O) groups excluding carboxylic acids is 3. The molecule has 0 aliphatic carbocycles. The fraction of sp³-hybridized carbons (Fsp3) is 0.308. The average molecular weight is 257 g/mol. The molecule has 92 valence electrons. The van der Waals surface area contributed by atoms with Crippen LogP contribution in [0.3, 0.4) is 0 Å². The SMILES string of the molecule is CCN(C(C)=O)C(=O)C(C=O)c1ccccc1.[H-].[Na+]. The van der Waals surface area contributed by atoms with Gasteiger partial charge in [0.2, 0.25) is 11.8 Å². The molecule has 1 aromatic carbocycles. The first-order valence-corrected chi connectivity index (χ1v) is 5.44. The molecule has 0 spiro atoms. The summed E-state index contributed by atoms with van der Waals surface area (Å²) in [7, 11) is 0. The molecule has 0 fully saturated rings. The van der Waals surface area contributed by atoms with Gasteiger partial charge in [0.25, 0.3) is 0 Å². The molecule has 0 N–H and O–H groups in total. The number of amides is 2. The molecule has 18 heavy (non-hydrogen) atoms. The van der Waals surface area contributed by atoms with Crippen LogP contribution in [0.15, 0.2) is 30.3 Å². The van der Waals surface area contributed by atoms with Crippen LogP contribution < -0.4 is 29.6 Å². The molecule has 0 radical (unpaired) electrons. The predicted octanol–water partition coefficient (Wildman–Crippen LogP) is -1.52. The molecule has 0 bridgehead atoms. The Morgan fingerprint density at radius 1 is 1.33 bits per heavy atom. The van der Waals surface area contributed by atoms with E-state index in [1.807, 2.05) is 0 Å². The van der Waals surface area contributed by atoms with E-state index in [2.05, 4.69) is 0 Å². The normalized spacial score (nSPS) is 11.0. The van der Waals surface area contributed by atoms with Crippen molar-refractivity contribution in [3.05, 3.63) is 35.9 Å². The summed E-state index contributed by atoms with van der Waals surface area (Å²) < 4.78 is 0. The number of hydrogen-bond donors (Lipinski definition) is 0. The van der Waals surface area contributed by atoms with Crippen LogP contribution in [0.1, 0.15) is 26.8 Å². The van der Waals surface area contributed by atoms with Gasteiger partial charge in [-0.05, 0) is 12.5 Å². The Labute approximate surface area is 130 Å². The maximum absolute atomic E-state index is 12.0. The zero-order valence-electron chi connectivity index (χ0n) is 11.9. The van der Waals surface area contributed by atoms with Crippen LogP contribution in [-0.4, -0.2) is 29.5 Å². The summed E-state index contributed by atoms with van der Waals surface area (Å²) in [5.74, 6) is -1.72. The number of imide groups is 1. The zero-order valence-corrected chi connectivity index (χ0v) is 12.9. The van der Waals surface area contributed by atoms with E-state index >= 15 is 0 Å². The van der Waals surface area contributed by atoms with Crippen molar-refractivity contribution in [3.63, 3.8) is 0 Å². The summed E-state index contributed by atoms with van der Waals surface area (Å²) >= 11 is 0. The van der Waals surface area contributed by atoms with Crippen LogP contribution in [0.25, 0.3) is 0 Å². The molecule has 4 nitrogen and oxygen atoms in total. The third-order valence-electron chi connectivity index (χ3n) is 2.52. The molecule has 1 aromatic rings. The first-order chi connectivity index (χ1) is 8.11. The molecule has 0 saturated heterocycles. The van der Waals surface area contributed by atoms with Gasteiger partial charge in [-0.1, -0.05) is 30.3 Å². The maximum Gasteiger partial charge on any atom is 1.00 e. The molecule has 0 aliphatic rings. The number of aldehydes is 1. The third kappa shape index (κ3) is 4.05. The van der Waals surface area contributed by atoms with E-state index in [-0.39, 0.29) is 43.4 Å². The van der Waals surface area contributed by atoms with Crippen molar-refractivity contribution in [2.75, 3.05) is 6.54 Å². The Kier molecular flexibility index (Phi) is 7.75. The van der Waals surface area contributed by atoms with Crippen LogP contribution >= 0.6 is 0 Å². The number of carbonyl (C=O) groups is 3. The van der Waals surface area contributed by atoms with Crippen molar-refractivity contribution in [1.29, 1.82) is 0 Å². The molecule has 2 amide bonds. The van der Waals surface area contributed by atoms with Gasteiger partial charge >= 0.3 is 29.6 Å². The molecule has 1 unspecified atom stereocenters. The molecule has 0 aromatic heterocycles. The van der Waals surface area contributed by atoms with E-state index in [0.29, 0.717) is 11.8 Å². The number of nitrogens with zero attached hydrogens (tertiary/aromatic N) is 1. The molecule has 1 atom stereocenters. The minimum absolute atomic E-state index is 0. The van der Waals surface area contributed by atoms with Crippen molar-refractivity contribution in [3.8, 4) is 0 Å². The van der Waals surface area contributed by atoms with Gasteiger partial charge in [-0.15, -0.1) is 0 Å². The summed E-state index contributed by atoms with van der Waals surface area (Å²) in [6.07, 6.45) is 0.573. The van der Waals surface area contributed by atoms with Crippen LogP contribution in [0.4, 0.5) is 0 Å². The van der Waals surface area contributed by atoms with E-state index < -0.39 is 11.8 Å². The first-order valence-electron chi connectivity index (χ1n) is 5.44. The van der Waals surface area contributed by atoms with E-state index in [0.717, 1.165) is 4.90 Å². The van der Waals surface area contributed by atoms with Crippen LogP contribution in [0.2, 0.25) is 0 Å². The van der Waals surface area contributed by atoms with Crippen molar-refractivity contribution in [2.45, 2.75) is 19.8 Å². The summed E-state index contributed by atoms with van der Waals surface area (Å²) in [6, 6.07) is 8.71.